The Hall–Kier alpha value is -7.40. The summed E-state index contributed by atoms with van der Waals surface area (Å²) in [5.74, 6) is -7.33. The molecule has 0 bridgehead atoms. The molecule has 0 fully saturated rings. The molecule has 0 spiro atoms. The van der Waals surface area contributed by atoms with Crippen LogP contribution in [-0.2, 0) is 49.7 Å². The predicted octanol–water partition coefficient (Wildman–Crippen LogP) is 2.61. The van der Waals surface area contributed by atoms with E-state index >= 15 is 4.39 Å². The molecule has 23 heteroatoms. The number of benzene rings is 2. The number of imide groups is 1. The molecular formula is C53H72F2N10O11. The van der Waals surface area contributed by atoms with E-state index in [9.17, 15) is 57.8 Å². The number of unbranched alkanes of at least 4 members (excludes halogenated alkanes) is 3. The van der Waals surface area contributed by atoms with Crippen LogP contribution in [0.15, 0.2) is 66.9 Å². The summed E-state index contributed by atoms with van der Waals surface area (Å²) in [6.07, 6.45) is 5.97. The summed E-state index contributed by atoms with van der Waals surface area (Å²) in [5.41, 5.74) is 6.36. The number of carboxylic acid groups (broad SMARTS) is 1. The van der Waals surface area contributed by atoms with E-state index in [1.165, 1.54) is 24.0 Å². The number of nitrogens with two attached hydrogens (primary N) is 1. The van der Waals surface area contributed by atoms with Gasteiger partial charge in [-0.3, -0.25) is 43.3 Å². The smallest absolute Gasteiger partial charge is 0.326 e. The summed E-state index contributed by atoms with van der Waals surface area (Å²) >= 11 is 0. The number of hydrogen-bond acceptors (Lipinski definition) is 12. The summed E-state index contributed by atoms with van der Waals surface area (Å²) in [7, 11) is 0. The number of imidazole rings is 1. The van der Waals surface area contributed by atoms with Gasteiger partial charge in [-0.2, -0.15) is 0 Å². The normalized spacial score (nSPS) is 14.4. The maximum absolute atomic E-state index is 15.1. The molecule has 1 aliphatic heterocycles. The minimum absolute atomic E-state index is 0.0249. The van der Waals surface area contributed by atoms with Crippen molar-refractivity contribution in [3.63, 3.8) is 0 Å². The standard InChI is InChI=1S/C53H72F2N10O11/c1-32(2)46(62-41(67)18-11-8-14-25-64-43(69)21-22-44(64)70)51(74)59-33(3)49(72)61-39(52(75)76)17-12-13-24-57-42(68)28-58-50(73)38(56)23-26-65(45(71)31-66)47(53(4,5)6)48-60-40(36-27-35(54)19-20-37(36)55)30-63(48)29-34-15-9-7-10-16-34/h7,9-10,15-16,19-22,27,30,32-33,38-39,46-47,66H,8,11-14,17-18,23-26,28-29,31,56H2,1-6H3,(H,57,68)(H,58,73)(H,59,74)(H,61,72)(H,62,67)(H,75,76). The third-order valence-corrected chi connectivity index (χ3v) is 12.5. The second-order valence-corrected chi connectivity index (χ2v) is 20.1. The van der Waals surface area contributed by atoms with Gasteiger partial charge in [-0.25, -0.2) is 18.6 Å². The molecule has 2 heterocycles. The average Bonchev–Trinajstić information content (AvgIpc) is 3.92. The van der Waals surface area contributed by atoms with Gasteiger partial charge in [0, 0.05) is 56.5 Å². The van der Waals surface area contributed by atoms with Crippen molar-refractivity contribution < 1.29 is 62.1 Å². The summed E-state index contributed by atoms with van der Waals surface area (Å²) in [6, 6.07) is 6.69. The third-order valence-electron chi connectivity index (χ3n) is 12.5. The molecule has 1 aliphatic rings. The highest BCUT2D eigenvalue weighted by molar-refractivity contribution is 6.12. The van der Waals surface area contributed by atoms with Crippen LogP contribution < -0.4 is 32.3 Å². The van der Waals surface area contributed by atoms with Crippen molar-refractivity contribution in [3.8, 4) is 11.3 Å². The van der Waals surface area contributed by atoms with Gasteiger partial charge in [-0.05, 0) is 80.5 Å². The molecule has 1 aromatic heterocycles. The van der Waals surface area contributed by atoms with Crippen LogP contribution in [0.5, 0.6) is 0 Å². The number of carboxylic acids is 1. The van der Waals surface area contributed by atoms with Gasteiger partial charge < -0.3 is 52.0 Å². The predicted molar refractivity (Wildman–Crippen MR) is 275 cm³/mol. The van der Waals surface area contributed by atoms with Crippen LogP contribution in [0.4, 0.5) is 8.78 Å². The lowest BCUT2D eigenvalue weighted by Crippen LogP contribution is -2.56. The zero-order valence-electron chi connectivity index (χ0n) is 43.9. The maximum atomic E-state index is 15.1. The zero-order valence-corrected chi connectivity index (χ0v) is 43.9. The van der Waals surface area contributed by atoms with E-state index in [1.54, 1.807) is 24.6 Å². The fourth-order valence-corrected chi connectivity index (χ4v) is 8.42. The van der Waals surface area contributed by atoms with Crippen molar-refractivity contribution in [2.75, 3.05) is 32.8 Å². The maximum Gasteiger partial charge on any atom is 0.326 e. The second-order valence-electron chi connectivity index (χ2n) is 20.1. The Balaban J connectivity index is 1.23. The first kappa shape index (κ1) is 61.1. The van der Waals surface area contributed by atoms with Crippen LogP contribution >= 0.6 is 0 Å². The lowest BCUT2D eigenvalue weighted by Gasteiger charge is -2.40. The number of halogens is 2. The molecule has 0 aliphatic carbocycles. The van der Waals surface area contributed by atoms with E-state index in [-0.39, 0.29) is 80.9 Å². The molecule has 414 valence electrons. The van der Waals surface area contributed by atoms with Crippen molar-refractivity contribution >= 4 is 53.2 Å². The molecule has 9 N–H and O–H groups in total. The van der Waals surface area contributed by atoms with E-state index in [0.717, 1.165) is 28.7 Å². The first-order valence-electron chi connectivity index (χ1n) is 25.3. The van der Waals surface area contributed by atoms with Gasteiger partial charge in [0.05, 0.1) is 24.3 Å². The van der Waals surface area contributed by atoms with Crippen LogP contribution in [0, 0.1) is 23.0 Å². The summed E-state index contributed by atoms with van der Waals surface area (Å²) < 4.78 is 31.2. The molecule has 3 aromatic rings. The number of aliphatic hydroxyl groups excluding tert-OH is 1. The third kappa shape index (κ3) is 18.5. The van der Waals surface area contributed by atoms with Gasteiger partial charge >= 0.3 is 5.97 Å². The summed E-state index contributed by atoms with van der Waals surface area (Å²) in [5, 5.41) is 32.7. The Bertz CT molecular complexity index is 2550. The fourth-order valence-electron chi connectivity index (χ4n) is 8.42. The van der Waals surface area contributed by atoms with Gasteiger partial charge in [-0.15, -0.1) is 0 Å². The Labute approximate surface area is 440 Å². The Morgan fingerprint density at radius 1 is 0.803 bits per heavy atom. The Morgan fingerprint density at radius 2 is 1.49 bits per heavy atom. The lowest BCUT2D eigenvalue weighted by atomic mass is 9.84. The quantitative estimate of drug-likeness (QED) is 0.0352. The number of aliphatic hydroxyl groups is 1. The number of carbonyl (C=O) groups is 9. The summed E-state index contributed by atoms with van der Waals surface area (Å²) in [4.78, 5) is 121. The molecule has 0 radical (unpaired) electrons. The second kappa shape index (κ2) is 29.0. The summed E-state index contributed by atoms with van der Waals surface area (Å²) in [6.45, 7) is 9.37. The fraction of sp³-hybridized carbons (Fsp3) is 0.509. The minimum atomic E-state index is -1.33. The highest BCUT2D eigenvalue weighted by Crippen LogP contribution is 2.39. The lowest BCUT2D eigenvalue weighted by molar-refractivity contribution is -0.142. The number of hydrogen-bond donors (Lipinski definition) is 8. The number of nitrogens with one attached hydrogen (secondary N) is 5. The highest BCUT2D eigenvalue weighted by atomic mass is 19.1. The number of aliphatic carboxylic acids is 1. The van der Waals surface area contributed by atoms with Crippen LogP contribution in [0.2, 0.25) is 0 Å². The van der Waals surface area contributed by atoms with Crippen molar-refractivity contribution in [1.29, 1.82) is 0 Å². The SMILES string of the molecule is CC(NC(=O)C(NC(=O)CCCCCN1C(=O)C=CC1=O)C(C)C)C(=O)NC(CCCCNC(=O)CNC(=O)C(N)CCN(C(=O)CO)C(c1nc(-c2cc(F)ccc2F)cn1Cc1ccccc1)C(C)(C)C)C(=O)O. The minimum Gasteiger partial charge on any atom is -0.480 e. The number of rotatable bonds is 30. The molecule has 0 saturated carbocycles. The number of aromatic nitrogens is 2. The van der Waals surface area contributed by atoms with Gasteiger partial charge in [0.25, 0.3) is 11.8 Å². The molecule has 5 atom stereocenters. The van der Waals surface area contributed by atoms with Gasteiger partial charge in [-0.1, -0.05) is 71.4 Å². The first-order valence-corrected chi connectivity index (χ1v) is 25.3. The Morgan fingerprint density at radius 3 is 2.12 bits per heavy atom. The number of amides is 8. The molecule has 5 unspecified atom stereocenters. The van der Waals surface area contributed by atoms with Crippen LogP contribution in [0.1, 0.15) is 110 Å². The van der Waals surface area contributed by atoms with E-state index < -0.39 is 102 Å². The van der Waals surface area contributed by atoms with Crippen molar-refractivity contribution in [1.82, 2.24) is 45.9 Å². The van der Waals surface area contributed by atoms with Crippen LogP contribution in [-0.4, -0.2) is 140 Å². The molecule has 76 heavy (non-hydrogen) atoms. The van der Waals surface area contributed by atoms with Crippen molar-refractivity contribution in [3.05, 3.63) is 89.9 Å². The number of carbonyl (C=O) groups excluding carboxylic acids is 8. The topological polar surface area (TPSA) is 305 Å². The Kier molecular flexibility index (Phi) is 23.4. The van der Waals surface area contributed by atoms with E-state index in [4.69, 9.17) is 10.7 Å². The molecular weight excluding hydrogens is 991 g/mol. The molecule has 0 saturated heterocycles. The van der Waals surface area contributed by atoms with Crippen LogP contribution in [0.25, 0.3) is 11.3 Å². The van der Waals surface area contributed by atoms with E-state index in [1.807, 2.05) is 51.1 Å². The molecule has 21 nitrogen and oxygen atoms in total. The van der Waals surface area contributed by atoms with Crippen molar-refractivity contribution in [2.45, 2.75) is 130 Å². The van der Waals surface area contributed by atoms with Gasteiger partial charge in [0.2, 0.25) is 35.4 Å². The van der Waals surface area contributed by atoms with Gasteiger partial charge in [0.1, 0.15) is 42.2 Å². The molecule has 2 aromatic carbocycles. The highest BCUT2D eigenvalue weighted by Gasteiger charge is 2.39. The largest absolute Gasteiger partial charge is 0.480 e. The average molecular weight is 1060 g/mol. The first-order chi connectivity index (χ1) is 35.9. The number of nitrogens with zero attached hydrogens (tertiary/aromatic N) is 4. The van der Waals surface area contributed by atoms with E-state index in [2.05, 4.69) is 26.6 Å². The van der Waals surface area contributed by atoms with Crippen LogP contribution in [0.3, 0.4) is 0 Å². The molecule has 8 amide bonds. The zero-order chi connectivity index (χ0) is 56.3. The monoisotopic (exact) mass is 1060 g/mol. The van der Waals surface area contributed by atoms with E-state index in [0.29, 0.717) is 31.5 Å². The van der Waals surface area contributed by atoms with Crippen molar-refractivity contribution in [2.24, 2.45) is 17.1 Å². The molecule has 4 rings (SSSR count). The van der Waals surface area contributed by atoms with Gasteiger partial charge in [0.15, 0.2) is 0 Å².